The van der Waals surface area contributed by atoms with E-state index in [1.54, 1.807) is 24.5 Å². The summed E-state index contributed by atoms with van der Waals surface area (Å²) in [5.74, 6) is 0. The molecule has 0 atom stereocenters. The van der Waals surface area contributed by atoms with E-state index in [-0.39, 0.29) is 0 Å². The van der Waals surface area contributed by atoms with Gasteiger partial charge in [-0.25, -0.2) is 4.85 Å². The van der Waals surface area contributed by atoms with Gasteiger partial charge in [0.2, 0.25) is 0 Å². The van der Waals surface area contributed by atoms with Crippen molar-refractivity contribution in [3.63, 3.8) is 0 Å². The number of hydrogen-bond donors (Lipinski definition) is 0. The van der Waals surface area contributed by atoms with Crippen LogP contribution in [0.1, 0.15) is 27.8 Å². The van der Waals surface area contributed by atoms with Gasteiger partial charge in [-0.05, 0) is 121 Å². The Morgan fingerprint density at radius 2 is 0.943 bits per heavy atom. The van der Waals surface area contributed by atoms with E-state index in [9.17, 15) is 5.26 Å². The summed E-state index contributed by atoms with van der Waals surface area (Å²) in [6, 6.07) is 57.8. The van der Waals surface area contributed by atoms with Gasteiger partial charge in [-0.3, -0.25) is 9.97 Å². The zero-order valence-corrected chi connectivity index (χ0v) is 28.5. The monoisotopic (exact) mass is 672 g/mol. The molecule has 0 aliphatic heterocycles. The smallest absolute Gasteiger partial charge is 0.190 e. The van der Waals surface area contributed by atoms with Gasteiger partial charge in [0, 0.05) is 18.0 Å². The first-order valence-corrected chi connectivity index (χ1v) is 17.6. The molecule has 2 aromatic heterocycles. The van der Waals surface area contributed by atoms with Crippen molar-refractivity contribution in [2.24, 2.45) is 0 Å². The van der Waals surface area contributed by atoms with Gasteiger partial charge in [0.05, 0.1) is 35.0 Å². The molecule has 0 N–H and O–H groups in total. The number of fused-ring (bicyclic) bond motifs is 10. The molecule has 2 aliphatic rings. The summed E-state index contributed by atoms with van der Waals surface area (Å²) in [5, 5.41) is 9.51. The minimum Gasteiger partial charge on any atom is -0.259 e. The SMILES string of the molecule is [C-]#[N+]c1ccnc(-c2cccc(-c3ccc4c(c3)-c3cc(-c5cccc(-c6cc(C#N)ccn6)c5)ccc3C43c4ccccc4-c4ccccc43)c2)c1. The molecule has 0 bridgehead atoms. The Morgan fingerprint density at radius 1 is 0.453 bits per heavy atom. The highest BCUT2D eigenvalue weighted by Crippen LogP contribution is 2.63. The molecule has 0 saturated carbocycles. The van der Waals surface area contributed by atoms with Crippen molar-refractivity contribution in [1.29, 1.82) is 5.26 Å². The quantitative estimate of drug-likeness (QED) is 0.175. The van der Waals surface area contributed by atoms with Crippen LogP contribution in [0.4, 0.5) is 5.69 Å². The topological polar surface area (TPSA) is 53.9 Å². The molecule has 2 aliphatic carbocycles. The predicted molar refractivity (Wildman–Crippen MR) is 211 cm³/mol. The van der Waals surface area contributed by atoms with E-state index in [0.29, 0.717) is 11.3 Å². The Bertz CT molecular complexity index is 2690. The van der Waals surface area contributed by atoms with Crippen LogP contribution in [0.5, 0.6) is 0 Å². The fraction of sp³-hybridized carbons (Fsp3) is 0.0204. The van der Waals surface area contributed by atoms with Crippen LogP contribution < -0.4 is 0 Å². The molecule has 0 fully saturated rings. The number of benzene rings is 6. The number of nitrogens with zero attached hydrogens (tertiary/aromatic N) is 4. The van der Waals surface area contributed by atoms with E-state index in [1.807, 2.05) is 18.2 Å². The first-order valence-electron chi connectivity index (χ1n) is 17.6. The average molecular weight is 673 g/mol. The maximum atomic E-state index is 9.51. The average Bonchev–Trinajstić information content (AvgIpc) is 3.70. The lowest BCUT2D eigenvalue weighted by atomic mass is 9.70. The van der Waals surface area contributed by atoms with Gasteiger partial charge in [-0.15, -0.1) is 0 Å². The van der Waals surface area contributed by atoms with Crippen LogP contribution in [0.2, 0.25) is 0 Å². The van der Waals surface area contributed by atoms with Gasteiger partial charge in [0.1, 0.15) is 0 Å². The molecule has 8 aromatic rings. The Hall–Kier alpha value is -7.40. The minimum atomic E-state index is -0.454. The molecule has 4 nitrogen and oxygen atoms in total. The first kappa shape index (κ1) is 30.4. The van der Waals surface area contributed by atoms with E-state index >= 15 is 0 Å². The van der Waals surface area contributed by atoms with E-state index in [1.165, 1.54) is 44.5 Å². The molecule has 0 radical (unpaired) electrons. The molecule has 53 heavy (non-hydrogen) atoms. The number of aromatic nitrogens is 2. The number of pyridine rings is 2. The molecule has 244 valence electrons. The van der Waals surface area contributed by atoms with Crippen LogP contribution in [-0.4, -0.2) is 9.97 Å². The summed E-state index contributed by atoms with van der Waals surface area (Å²) < 4.78 is 0. The fourth-order valence-electron chi connectivity index (χ4n) is 8.53. The third-order valence-electron chi connectivity index (χ3n) is 10.8. The molecular weight excluding hydrogens is 645 g/mol. The van der Waals surface area contributed by atoms with Gasteiger partial charge in [-0.2, -0.15) is 5.26 Å². The zero-order chi connectivity index (χ0) is 35.5. The van der Waals surface area contributed by atoms with Crippen LogP contribution >= 0.6 is 0 Å². The third kappa shape index (κ3) is 4.60. The van der Waals surface area contributed by atoms with Crippen molar-refractivity contribution in [3.8, 4) is 73.1 Å². The Kier molecular flexibility index (Phi) is 6.80. The highest BCUT2D eigenvalue weighted by molar-refractivity contribution is 5.97. The van der Waals surface area contributed by atoms with Gasteiger partial charge >= 0.3 is 0 Å². The lowest BCUT2D eigenvalue weighted by Gasteiger charge is -2.30. The second-order valence-electron chi connectivity index (χ2n) is 13.6. The largest absolute Gasteiger partial charge is 0.259 e. The molecule has 6 aromatic carbocycles. The maximum Gasteiger partial charge on any atom is 0.190 e. The van der Waals surface area contributed by atoms with Crippen molar-refractivity contribution < 1.29 is 0 Å². The van der Waals surface area contributed by atoms with E-state index in [4.69, 9.17) is 6.57 Å². The molecule has 2 heterocycles. The second kappa shape index (κ2) is 11.8. The molecule has 1 spiro atoms. The molecule has 0 unspecified atom stereocenters. The summed E-state index contributed by atoms with van der Waals surface area (Å²) in [6.45, 7) is 7.49. The Morgan fingerprint density at radius 3 is 1.51 bits per heavy atom. The summed E-state index contributed by atoms with van der Waals surface area (Å²) >= 11 is 0. The normalized spacial score (nSPS) is 12.6. The third-order valence-corrected chi connectivity index (χ3v) is 10.8. The van der Waals surface area contributed by atoms with Crippen molar-refractivity contribution in [3.05, 3.63) is 209 Å². The molecule has 10 rings (SSSR count). The van der Waals surface area contributed by atoms with E-state index in [0.717, 1.165) is 44.8 Å². The fourth-order valence-corrected chi connectivity index (χ4v) is 8.53. The molecular formula is C49H28N4. The predicted octanol–water partition coefficient (Wildman–Crippen LogP) is 11.9. The number of nitriles is 1. The van der Waals surface area contributed by atoms with Gasteiger partial charge in [-0.1, -0.05) is 109 Å². The number of hydrogen-bond acceptors (Lipinski definition) is 3. The van der Waals surface area contributed by atoms with Gasteiger partial charge < -0.3 is 0 Å². The minimum absolute atomic E-state index is 0.454. The van der Waals surface area contributed by atoms with Crippen LogP contribution in [0, 0.1) is 17.9 Å². The maximum absolute atomic E-state index is 9.51. The van der Waals surface area contributed by atoms with Crippen molar-refractivity contribution >= 4 is 5.69 Å². The summed E-state index contributed by atoms with van der Waals surface area (Å²) in [6.07, 6.45) is 3.39. The van der Waals surface area contributed by atoms with Crippen molar-refractivity contribution in [2.75, 3.05) is 0 Å². The van der Waals surface area contributed by atoms with Gasteiger partial charge in [0.25, 0.3) is 0 Å². The van der Waals surface area contributed by atoms with E-state index < -0.39 is 5.41 Å². The number of rotatable bonds is 4. The van der Waals surface area contributed by atoms with E-state index in [2.05, 4.69) is 148 Å². The Balaban J connectivity index is 1.18. The van der Waals surface area contributed by atoms with Crippen LogP contribution in [0.25, 0.3) is 71.9 Å². The Labute approximate surface area is 307 Å². The lowest BCUT2D eigenvalue weighted by molar-refractivity contribution is 0.794. The van der Waals surface area contributed by atoms with Crippen LogP contribution in [0.3, 0.4) is 0 Å². The molecule has 0 saturated heterocycles. The first-order chi connectivity index (χ1) is 26.1. The van der Waals surface area contributed by atoms with Crippen molar-refractivity contribution in [2.45, 2.75) is 5.41 Å². The zero-order valence-electron chi connectivity index (χ0n) is 28.5. The van der Waals surface area contributed by atoms with Crippen molar-refractivity contribution in [1.82, 2.24) is 9.97 Å². The highest BCUT2D eigenvalue weighted by Gasteiger charge is 2.51. The second-order valence-corrected chi connectivity index (χ2v) is 13.6. The van der Waals surface area contributed by atoms with Gasteiger partial charge in [0.15, 0.2) is 5.69 Å². The molecule has 4 heteroatoms. The molecule has 0 amide bonds. The summed E-state index contributed by atoms with van der Waals surface area (Å²) in [7, 11) is 0. The van der Waals surface area contributed by atoms with Crippen LogP contribution in [0.15, 0.2) is 170 Å². The van der Waals surface area contributed by atoms with Crippen LogP contribution in [-0.2, 0) is 5.41 Å². The summed E-state index contributed by atoms with van der Waals surface area (Å²) in [4.78, 5) is 12.8. The standard InChI is InChI=1S/C49H28N4/c1-51-38-21-23-53-48(29-38)37-11-7-9-33(26-37)35-17-19-46-42(28-35)41-27-34(32-8-6-10-36(25-32)47-24-31(30-50)20-22-52-47)16-18-45(41)49(46)43-14-4-2-12-39(43)40-13-3-5-15-44(40)49/h2-29H. The highest BCUT2D eigenvalue weighted by atomic mass is 14.7. The summed E-state index contributed by atoms with van der Waals surface area (Å²) in [5.41, 5.74) is 18.8. The lowest BCUT2D eigenvalue weighted by Crippen LogP contribution is -2.25.